The Hall–Kier alpha value is -3.84. The Morgan fingerprint density at radius 2 is 1.80 bits per heavy atom. The molecule has 2 amide bonds. The fourth-order valence-corrected chi connectivity index (χ4v) is 3.09. The lowest BCUT2D eigenvalue weighted by atomic mass is 10.1. The molecule has 0 aliphatic heterocycles. The number of nitrogens with zero attached hydrogens (tertiary/aromatic N) is 1. The van der Waals surface area contributed by atoms with Crippen LogP contribution in [0.25, 0.3) is 11.1 Å². The second-order valence-electron chi connectivity index (χ2n) is 7.43. The van der Waals surface area contributed by atoms with E-state index in [-0.39, 0.29) is 17.7 Å². The number of urea groups is 1. The van der Waals surface area contributed by atoms with Gasteiger partial charge in [0.05, 0.1) is 5.56 Å². The Morgan fingerprint density at radius 1 is 1.06 bits per heavy atom. The van der Waals surface area contributed by atoms with E-state index in [0.29, 0.717) is 18.7 Å². The Balaban J connectivity index is 1.73. The van der Waals surface area contributed by atoms with Crippen LogP contribution in [0.3, 0.4) is 0 Å². The number of hydrogen-bond acceptors (Lipinski definition) is 5. The number of benzene rings is 2. The van der Waals surface area contributed by atoms with Crippen molar-refractivity contribution in [1.82, 2.24) is 15.3 Å². The molecular formula is C22H21F5N6O2. The van der Waals surface area contributed by atoms with Gasteiger partial charge in [-0.05, 0) is 38.1 Å². The Kier molecular flexibility index (Phi) is 8.14. The Bertz CT molecular complexity index is 1290. The third-order valence-electron chi connectivity index (χ3n) is 4.99. The van der Waals surface area contributed by atoms with Gasteiger partial charge < -0.3 is 21.4 Å². The molecule has 0 aliphatic rings. The van der Waals surface area contributed by atoms with Crippen molar-refractivity contribution in [2.24, 2.45) is 5.73 Å². The number of aromatic nitrogens is 2. The summed E-state index contributed by atoms with van der Waals surface area (Å²) in [5.74, 6) is -8.09. The third kappa shape index (κ3) is 5.81. The van der Waals surface area contributed by atoms with Gasteiger partial charge in [0.25, 0.3) is 5.56 Å². The van der Waals surface area contributed by atoms with Crippen LogP contribution < -0.4 is 27.2 Å². The van der Waals surface area contributed by atoms with Gasteiger partial charge in [0.1, 0.15) is 11.5 Å². The summed E-state index contributed by atoms with van der Waals surface area (Å²) < 4.78 is 69.3. The fraction of sp³-hybridized carbons (Fsp3) is 0.227. The standard InChI is InChI=1S/C22H21F5N6O2/c1-10-15(24)17(26)18(27)19(16(10)25)31-22(35)33-21-30-9-13(20(34)32-21)11-3-4-12(14(23)7-11)8-29-6-2-5-28/h3-4,7,9,29H,2,5-6,8,28H2,1H3,(H3,30,31,32,33,34,35). The summed E-state index contributed by atoms with van der Waals surface area (Å²) >= 11 is 0. The molecule has 3 aromatic rings. The molecule has 0 spiro atoms. The number of nitrogens with two attached hydrogens (primary N) is 1. The number of carbonyl (C=O) groups excluding carboxylic acids is 1. The zero-order chi connectivity index (χ0) is 25.7. The third-order valence-corrected chi connectivity index (χ3v) is 4.99. The van der Waals surface area contributed by atoms with Crippen LogP contribution in [0.4, 0.5) is 38.4 Å². The number of H-pyrrole nitrogens is 1. The molecule has 0 unspecified atom stereocenters. The molecule has 0 atom stereocenters. The van der Waals surface area contributed by atoms with Crippen LogP contribution in [0.1, 0.15) is 17.5 Å². The van der Waals surface area contributed by atoms with Crippen molar-refractivity contribution in [3.63, 3.8) is 0 Å². The lowest BCUT2D eigenvalue weighted by Gasteiger charge is -2.12. The van der Waals surface area contributed by atoms with E-state index < -0.39 is 57.9 Å². The van der Waals surface area contributed by atoms with Crippen LogP contribution in [0.5, 0.6) is 0 Å². The molecule has 1 heterocycles. The van der Waals surface area contributed by atoms with Crippen molar-refractivity contribution in [2.45, 2.75) is 19.9 Å². The minimum absolute atomic E-state index is 0.00850. The van der Waals surface area contributed by atoms with Crippen LogP contribution in [-0.2, 0) is 6.54 Å². The summed E-state index contributed by atoms with van der Waals surface area (Å²) in [6, 6.07) is 2.89. The predicted octanol–water partition coefficient (Wildman–Crippen LogP) is 3.52. The quantitative estimate of drug-likeness (QED) is 0.141. The number of amides is 2. The minimum atomic E-state index is -1.96. The number of aromatic amines is 1. The smallest absolute Gasteiger partial charge is 0.326 e. The van der Waals surface area contributed by atoms with E-state index in [1.165, 1.54) is 12.1 Å². The second kappa shape index (κ2) is 11.1. The monoisotopic (exact) mass is 496 g/mol. The molecule has 0 aliphatic carbocycles. The molecule has 35 heavy (non-hydrogen) atoms. The van der Waals surface area contributed by atoms with Crippen molar-refractivity contribution in [1.29, 1.82) is 0 Å². The van der Waals surface area contributed by atoms with E-state index in [2.05, 4.69) is 15.3 Å². The molecule has 0 saturated heterocycles. The number of nitrogens with one attached hydrogen (secondary N) is 4. The van der Waals surface area contributed by atoms with Crippen LogP contribution in [0.2, 0.25) is 0 Å². The van der Waals surface area contributed by atoms with Crippen LogP contribution in [0.15, 0.2) is 29.2 Å². The topological polar surface area (TPSA) is 125 Å². The van der Waals surface area contributed by atoms with Crippen molar-refractivity contribution < 1.29 is 26.7 Å². The van der Waals surface area contributed by atoms with Gasteiger partial charge in [-0.3, -0.25) is 10.1 Å². The SMILES string of the molecule is Cc1c(F)c(F)c(F)c(NC(=O)Nc2nc(=O)c(-c3ccc(CNCCCN)c(F)c3)c[nH]2)c1F. The summed E-state index contributed by atoms with van der Waals surface area (Å²) in [5, 5.41) is 6.76. The molecule has 0 bridgehead atoms. The average Bonchev–Trinajstić information content (AvgIpc) is 2.83. The highest BCUT2D eigenvalue weighted by molar-refractivity contribution is 5.98. The number of rotatable bonds is 8. The normalized spacial score (nSPS) is 10.9. The largest absolute Gasteiger partial charge is 0.331 e. The zero-order valence-electron chi connectivity index (χ0n) is 18.4. The first-order chi connectivity index (χ1) is 16.6. The maximum Gasteiger partial charge on any atom is 0.326 e. The zero-order valence-corrected chi connectivity index (χ0v) is 18.4. The molecule has 1 aromatic heterocycles. The van der Waals surface area contributed by atoms with Gasteiger partial charge in [-0.2, -0.15) is 4.98 Å². The van der Waals surface area contributed by atoms with E-state index in [0.717, 1.165) is 25.6 Å². The fourth-order valence-electron chi connectivity index (χ4n) is 3.09. The van der Waals surface area contributed by atoms with Gasteiger partial charge in [0.15, 0.2) is 23.3 Å². The van der Waals surface area contributed by atoms with Crippen LogP contribution in [0, 0.1) is 36.0 Å². The summed E-state index contributed by atoms with van der Waals surface area (Å²) in [4.78, 5) is 30.5. The number of hydrogen-bond donors (Lipinski definition) is 5. The summed E-state index contributed by atoms with van der Waals surface area (Å²) in [6.07, 6.45) is 1.89. The molecule has 0 saturated carbocycles. The first kappa shape index (κ1) is 25.8. The predicted molar refractivity (Wildman–Crippen MR) is 119 cm³/mol. The van der Waals surface area contributed by atoms with E-state index in [9.17, 15) is 31.5 Å². The number of halogens is 5. The summed E-state index contributed by atoms with van der Waals surface area (Å²) in [5.41, 5.74) is 3.11. The average molecular weight is 496 g/mol. The number of carbonyl (C=O) groups is 1. The van der Waals surface area contributed by atoms with Crippen molar-refractivity contribution in [3.8, 4) is 11.1 Å². The van der Waals surface area contributed by atoms with E-state index in [4.69, 9.17) is 5.73 Å². The highest BCUT2D eigenvalue weighted by Gasteiger charge is 2.24. The Morgan fingerprint density at radius 3 is 2.46 bits per heavy atom. The molecule has 0 radical (unpaired) electrons. The lowest BCUT2D eigenvalue weighted by Crippen LogP contribution is -2.25. The number of anilines is 2. The minimum Gasteiger partial charge on any atom is -0.331 e. The summed E-state index contributed by atoms with van der Waals surface area (Å²) in [7, 11) is 0. The van der Waals surface area contributed by atoms with E-state index in [1.54, 1.807) is 5.32 Å². The van der Waals surface area contributed by atoms with E-state index in [1.807, 2.05) is 5.32 Å². The lowest BCUT2D eigenvalue weighted by molar-refractivity contribution is 0.261. The molecular weight excluding hydrogens is 475 g/mol. The van der Waals surface area contributed by atoms with Crippen molar-refractivity contribution >= 4 is 17.7 Å². The van der Waals surface area contributed by atoms with Gasteiger partial charge in [-0.25, -0.2) is 26.7 Å². The molecule has 6 N–H and O–H groups in total. The molecule has 2 aromatic carbocycles. The van der Waals surface area contributed by atoms with E-state index >= 15 is 0 Å². The van der Waals surface area contributed by atoms with Crippen LogP contribution in [-0.4, -0.2) is 29.1 Å². The van der Waals surface area contributed by atoms with Gasteiger partial charge in [-0.1, -0.05) is 12.1 Å². The highest BCUT2D eigenvalue weighted by atomic mass is 19.2. The Labute approximate surface area is 195 Å². The highest BCUT2D eigenvalue weighted by Crippen LogP contribution is 2.27. The first-order valence-electron chi connectivity index (χ1n) is 10.3. The van der Waals surface area contributed by atoms with Crippen molar-refractivity contribution in [2.75, 3.05) is 23.7 Å². The molecule has 8 nitrogen and oxygen atoms in total. The summed E-state index contributed by atoms with van der Waals surface area (Å²) in [6.45, 7) is 2.27. The first-order valence-corrected chi connectivity index (χ1v) is 10.3. The second-order valence-corrected chi connectivity index (χ2v) is 7.43. The van der Waals surface area contributed by atoms with Crippen molar-refractivity contribution in [3.05, 3.63) is 75.0 Å². The maximum atomic E-state index is 14.4. The van der Waals surface area contributed by atoms with Gasteiger partial charge in [-0.15, -0.1) is 0 Å². The molecule has 186 valence electrons. The van der Waals surface area contributed by atoms with Gasteiger partial charge >= 0.3 is 6.03 Å². The van der Waals surface area contributed by atoms with Crippen LogP contribution >= 0.6 is 0 Å². The molecule has 0 fully saturated rings. The molecule has 13 heteroatoms. The van der Waals surface area contributed by atoms with Gasteiger partial charge in [0.2, 0.25) is 5.95 Å². The maximum absolute atomic E-state index is 14.4. The molecule has 3 rings (SSSR count). The van der Waals surface area contributed by atoms with Gasteiger partial charge in [0, 0.05) is 23.9 Å².